The van der Waals surface area contributed by atoms with Crippen LogP contribution in [0.3, 0.4) is 0 Å². The van der Waals surface area contributed by atoms with Crippen molar-refractivity contribution in [3.8, 4) is 0 Å². The Bertz CT molecular complexity index is 545. The largest absolute Gasteiger partial charge is 0.433 e. The third kappa shape index (κ3) is 5.30. The first kappa shape index (κ1) is 15.5. The van der Waals surface area contributed by atoms with Gasteiger partial charge < -0.3 is 11.1 Å². The molecule has 4 N–H and O–H groups in total. The summed E-state index contributed by atoms with van der Waals surface area (Å²) in [5, 5.41) is 2.61. The van der Waals surface area contributed by atoms with Crippen molar-refractivity contribution in [1.29, 1.82) is 0 Å². The van der Waals surface area contributed by atoms with Gasteiger partial charge in [0.1, 0.15) is 5.69 Å². The van der Waals surface area contributed by atoms with Gasteiger partial charge in [-0.15, -0.1) is 0 Å². The normalized spacial score (nSPS) is 12.4. The first-order chi connectivity index (χ1) is 8.59. The molecule has 0 aromatic carbocycles. The standard InChI is InChI=1S/C9H13F3N4O2S/c1-19(17,18)16-3-2-14-7-4-8(9(10,11)12)15-5-6(7)13/h4-5,16H,2-3,13H2,1H3,(H,14,15). The van der Waals surface area contributed by atoms with Crippen LogP contribution in [0.4, 0.5) is 24.5 Å². The highest BCUT2D eigenvalue weighted by molar-refractivity contribution is 7.88. The van der Waals surface area contributed by atoms with Gasteiger partial charge in [-0.1, -0.05) is 0 Å². The van der Waals surface area contributed by atoms with Crippen LogP contribution in [0.25, 0.3) is 0 Å². The molecule has 0 aliphatic rings. The molecule has 0 bridgehead atoms. The Labute approximate surface area is 108 Å². The first-order valence-electron chi connectivity index (χ1n) is 5.11. The van der Waals surface area contributed by atoms with Crippen LogP contribution in [-0.4, -0.2) is 32.7 Å². The zero-order valence-corrected chi connectivity index (χ0v) is 10.8. The summed E-state index contributed by atoms with van der Waals surface area (Å²) >= 11 is 0. The maximum Gasteiger partial charge on any atom is 0.433 e. The average Bonchev–Trinajstić information content (AvgIpc) is 2.23. The summed E-state index contributed by atoms with van der Waals surface area (Å²) < 4.78 is 61.0. The van der Waals surface area contributed by atoms with Crippen LogP contribution in [0.1, 0.15) is 5.69 Å². The van der Waals surface area contributed by atoms with Crippen molar-refractivity contribution in [2.24, 2.45) is 0 Å². The Morgan fingerprint density at radius 1 is 1.37 bits per heavy atom. The smallest absolute Gasteiger partial charge is 0.396 e. The number of nitrogens with one attached hydrogen (secondary N) is 2. The molecule has 0 spiro atoms. The number of nitrogen functional groups attached to an aromatic ring is 1. The summed E-state index contributed by atoms with van der Waals surface area (Å²) in [7, 11) is -3.33. The van der Waals surface area contributed by atoms with Gasteiger partial charge in [-0.2, -0.15) is 13.2 Å². The SMILES string of the molecule is CS(=O)(=O)NCCNc1cc(C(F)(F)F)ncc1N. The monoisotopic (exact) mass is 298 g/mol. The van der Waals surface area contributed by atoms with Crippen LogP contribution in [0.5, 0.6) is 0 Å². The topological polar surface area (TPSA) is 97.1 Å². The molecule has 10 heteroatoms. The molecule has 1 aromatic rings. The molecule has 0 saturated heterocycles. The number of nitrogens with zero attached hydrogens (tertiary/aromatic N) is 1. The molecule has 1 aromatic heterocycles. The second-order valence-electron chi connectivity index (χ2n) is 3.75. The van der Waals surface area contributed by atoms with E-state index in [-0.39, 0.29) is 24.5 Å². The Balaban J connectivity index is 2.68. The van der Waals surface area contributed by atoms with Gasteiger partial charge in [0, 0.05) is 13.1 Å². The number of nitrogens with two attached hydrogens (primary N) is 1. The molecule has 108 valence electrons. The highest BCUT2D eigenvalue weighted by Gasteiger charge is 2.32. The number of pyridine rings is 1. The lowest BCUT2D eigenvalue weighted by atomic mass is 10.2. The maximum atomic E-state index is 12.4. The predicted octanol–water partition coefficient (Wildman–Crippen LogP) is 0.644. The molecule has 0 unspecified atom stereocenters. The molecule has 0 saturated carbocycles. The summed E-state index contributed by atoms with van der Waals surface area (Å²) in [5.41, 5.74) is 4.50. The van der Waals surface area contributed by atoms with Gasteiger partial charge in [0.2, 0.25) is 10.0 Å². The van der Waals surface area contributed by atoms with Gasteiger partial charge in [0.25, 0.3) is 0 Å². The number of sulfonamides is 1. The van der Waals surface area contributed by atoms with Crippen molar-refractivity contribution in [2.75, 3.05) is 30.4 Å². The molecule has 0 fully saturated rings. The van der Waals surface area contributed by atoms with Crippen LogP contribution < -0.4 is 15.8 Å². The number of halogens is 3. The summed E-state index contributed by atoms with van der Waals surface area (Å²) in [5.74, 6) is 0. The molecular weight excluding hydrogens is 285 g/mol. The van der Waals surface area contributed by atoms with Gasteiger partial charge in [-0.3, -0.25) is 0 Å². The van der Waals surface area contributed by atoms with E-state index in [0.29, 0.717) is 0 Å². The molecule has 19 heavy (non-hydrogen) atoms. The fourth-order valence-corrected chi connectivity index (χ4v) is 1.68. The lowest BCUT2D eigenvalue weighted by Crippen LogP contribution is -2.27. The number of rotatable bonds is 5. The van der Waals surface area contributed by atoms with E-state index in [1.165, 1.54) is 0 Å². The van der Waals surface area contributed by atoms with Gasteiger partial charge >= 0.3 is 6.18 Å². The van der Waals surface area contributed by atoms with Crippen molar-refractivity contribution >= 4 is 21.4 Å². The quantitative estimate of drug-likeness (QED) is 0.693. The molecule has 0 aliphatic carbocycles. The Morgan fingerprint density at radius 2 is 2.00 bits per heavy atom. The number of anilines is 2. The second-order valence-corrected chi connectivity index (χ2v) is 5.58. The van der Waals surface area contributed by atoms with Crippen LogP contribution in [0, 0.1) is 0 Å². The van der Waals surface area contributed by atoms with Crippen molar-refractivity contribution in [1.82, 2.24) is 9.71 Å². The number of alkyl halides is 3. The van der Waals surface area contributed by atoms with E-state index in [0.717, 1.165) is 18.5 Å². The molecule has 0 radical (unpaired) electrons. The lowest BCUT2D eigenvalue weighted by Gasteiger charge is -2.12. The van der Waals surface area contributed by atoms with E-state index in [1.54, 1.807) is 0 Å². The molecule has 1 rings (SSSR count). The van der Waals surface area contributed by atoms with E-state index < -0.39 is 21.9 Å². The highest BCUT2D eigenvalue weighted by atomic mass is 32.2. The third-order valence-corrected chi connectivity index (χ3v) is 2.76. The minimum absolute atomic E-state index is 0.0297. The average molecular weight is 298 g/mol. The van der Waals surface area contributed by atoms with Crippen LogP contribution in [-0.2, 0) is 16.2 Å². The first-order valence-corrected chi connectivity index (χ1v) is 7.00. The molecule has 0 amide bonds. The Morgan fingerprint density at radius 3 is 2.53 bits per heavy atom. The van der Waals surface area contributed by atoms with Crippen molar-refractivity contribution in [3.63, 3.8) is 0 Å². The van der Waals surface area contributed by atoms with Crippen LogP contribution in [0.2, 0.25) is 0 Å². The minimum Gasteiger partial charge on any atom is -0.396 e. The number of aromatic nitrogens is 1. The summed E-state index contributed by atoms with van der Waals surface area (Å²) in [6, 6.07) is 0.774. The number of hydrogen-bond donors (Lipinski definition) is 3. The third-order valence-electron chi connectivity index (χ3n) is 2.03. The van der Waals surface area contributed by atoms with Gasteiger partial charge in [0.05, 0.1) is 23.8 Å². The molecular formula is C9H13F3N4O2S. The van der Waals surface area contributed by atoms with E-state index in [2.05, 4.69) is 15.0 Å². The van der Waals surface area contributed by atoms with E-state index in [1.807, 2.05) is 0 Å². The minimum atomic E-state index is -4.56. The molecule has 0 aliphatic heterocycles. The van der Waals surface area contributed by atoms with E-state index in [4.69, 9.17) is 5.73 Å². The summed E-state index contributed by atoms with van der Waals surface area (Å²) in [4.78, 5) is 3.18. The second kappa shape index (κ2) is 5.61. The van der Waals surface area contributed by atoms with Crippen LogP contribution >= 0.6 is 0 Å². The van der Waals surface area contributed by atoms with Gasteiger partial charge in [0.15, 0.2) is 0 Å². The zero-order chi connectivity index (χ0) is 14.7. The van der Waals surface area contributed by atoms with Crippen molar-refractivity contribution in [2.45, 2.75) is 6.18 Å². The molecule has 0 atom stereocenters. The van der Waals surface area contributed by atoms with Crippen LogP contribution in [0.15, 0.2) is 12.3 Å². The van der Waals surface area contributed by atoms with Crippen molar-refractivity contribution < 1.29 is 21.6 Å². The fourth-order valence-electron chi connectivity index (χ4n) is 1.21. The zero-order valence-electron chi connectivity index (χ0n) is 9.95. The predicted molar refractivity (Wildman–Crippen MR) is 65.0 cm³/mol. The Hall–Kier alpha value is -1.55. The van der Waals surface area contributed by atoms with E-state index >= 15 is 0 Å². The highest BCUT2D eigenvalue weighted by Crippen LogP contribution is 2.30. The van der Waals surface area contributed by atoms with Gasteiger partial charge in [-0.05, 0) is 6.07 Å². The fraction of sp³-hybridized carbons (Fsp3) is 0.444. The van der Waals surface area contributed by atoms with E-state index in [9.17, 15) is 21.6 Å². The van der Waals surface area contributed by atoms with Crippen molar-refractivity contribution in [3.05, 3.63) is 18.0 Å². The molecule has 6 nitrogen and oxygen atoms in total. The summed E-state index contributed by atoms with van der Waals surface area (Å²) in [6.07, 6.45) is -2.68. The van der Waals surface area contributed by atoms with Gasteiger partial charge in [-0.25, -0.2) is 18.1 Å². The lowest BCUT2D eigenvalue weighted by molar-refractivity contribution is -0.141. The number of hydrogen-bond acceptors (Lipinski definition) is 5. The summed E-state index contributed by atoms with van der Waals surface area (Å²) in [6.45, 7) is 0.126. The molecule has 1 heterocycles. The Kier molecular flexibility index (Phi) is 4.58. The maximum absolute atomic E-state index is 12.4.